The average Bonchev–Trinajstić information content (AvgIpc) is 3.49. The highest BCUT2D eigenvalue weighted by Gasteiger charge is 2.33. The second kappa shape index (κ2) is 13.9. The Morgan fingerprint density at radius 2 is 1.54 bits per heavy atom. The number of ether oxygens (including phenoxy) is 3. The van der Waals surface area contributed by atoms with Gasteiger partial charge in [0.25, 0.3) is 5.91 Å². The number of likely N-dealkylation sites (tertiary alicyclic amines) is 2. The molecule has 2 aliphatic heterocycles. The topological polar surface area (TPSA) is 106 Å². The molecule has 46 heavy (non-hydrogen) atoms. The van der Waals surface area contributed by atoms with Gasteiger partial charge in [-0.25, -0.2) is 9.59 Å². The summed E-state index contributed by atoms with van der Waals surface area (Å²) in [4.78, 5) is 41.8. The third-order valence-corrected chi connectivity index (χ3v) is 9.32. The number of hydrogen-bond donors (Lipinski definition) is 1. The van der Waals surface area contributed by atoms with Crippen LogP contribution in [-0.4, -0.2) is 76.4 Å². The van der Waals surface area contributed by atoms with Crippen molar-refractivity contribution >= 4 is 18.0 Å². The van der Waals surface area contributed by atoms with Gasteiger partial charge in [0.05, 0.1) is 6.54 Å². The van der Waals surface area contributed by atoms with Crippen LogP contribution < -0.4 is 9.47 Å². The van der Waals surface area contributed by atoms with Gasteiger partial charge in [-0.3, -0.25) is 4.79 Å². The van der Waals surface area contributed by atoms with Crippen molar-refractivity contribution in [2.24, 2.45) is 0 Å². The van der Waals surface area contributed by atoms with Gasteiger partial charge in [-0.05, 0) is 108 Å². The largest absolute Gasteiger partial charge is 0.488 e. The maximum Gasteiger partial charge on any atom is 0.410 e. The fourth-order valence-electron chi connectivity index (χ4n) is 6.80. The summed E-state index contributed by atoms with van der Waals surface area (Å²) in [7, 11) is 0. The van der Waals surface area contributed by atoms with Gasteiger partial charge in [-0.15, -0.1) is 0 Å². The van der Waals surface area contributed by atoms with Gasteiger partial charge in [0, 0.05) is 37.5 Å². The molecule has 3 fully saturated rings. The number of nitrogens with zero attached hydrogens (tertiary/aromatic N) is 2. The molecular formula is C37H50N2O7. The molecule has 9 nitrogen and oxygen atoms in total. The molecule has 3 aliphatic rings. The van der Waals surface area contributed by atoms with Crippen LogP contribution in [0.5, 0.6) is 11.5 Å². The SMILES string of the molecule is CC(C)(C)OC(=O)N1CC[C@H](Oc2ccc(C(=O)N3CCCC(c4cccc(OC(C)(C)C(=O)O)c4)C3)cc2C2CCCCC2)C1. The Morgan fingerprint density at radius 3 is 2.26 bits per heavy atom. The van der Waals surface area contributed by atoms with E-state index in [-0.39, 0.29) is 24.0 Å². The predicted molar refractivity (Wildman–Crippen MR) is 176 cm³/mol. The van der Waals surface area contributed by atoms with E-state index in [9.17, 15) is 19.5 Å². The molecule has 0 spiro atoms. The van der Waals surface area contributed by atoms with Gasteiger partial charge in [0.15, 0.2) is 5.60 Å². The minimum absolute atomic E-state index is 0.0182. The van der Waals surface area contributed by atoms with Crippen LogP contribution in [0.25, 0.3) is 0 Å². The van der Waals surface area contributed by atoms with Crippen molar-refractivity contribution < 1.29 is 33.7 Å². The molecule has 0 aromatic heterocycles. The minimum atomic E-state index is -1.34. The Kier molecular flexibility index (Phi) is 10.2. The Balaban J connectivity index is 1.30. The van der Waals surface area contributed by atoms with Crippen LogP contribution in [0.4, 0.5) is 4.79 Å². The fraction of sp³-hybridized carbons (Fsp3) is 0.595. The lowest BCUT2D eigenvalue weighted by atomic mass is 9.83. The number of piperidine rings is 1. The lowest BCUT2D eigenvalue weighted by Crippen LogP contribution is -2.39. The molecule has 1 aliphatic carbocycles. The normalized spacial score (nSPS) is 21.2. The number of carbonyl (C=O) groups is 3. The molecule has 2 atom stereocenters. The summed E-state index contributed by atoms with van der Waals surface area (Å²) < 4.78 is 17.9. The van der Waals surface area contributed by atoms with Crippen molar-refractivity contribution in [3.05, 3.63) is 59.2 Å². The van der Waals surface area contributed by atoms with Gasteiger partial charge in [0.2, 0.25) is 0 Å². The molecule has 2 aromatic rings. The number of hydrogen-bond acceptors (Lipinski definition) is 6. The van der Waals surface area contributed by atoms with Gasteiger partial charge in [0.1, 0.15) is 23.2 Å². The molecule has 0 radical (unpaired) electrons. The third-order valence-electron chi connectivity index (χ3n) is 9.32. The van der Waals surface area contributed by atoms with E-state index in [2.05, 4.69) is 6.07 Å². The van der Waals surface area contributed by atoms with Crippen molar-refractivity contribution in [2.45, 2.75) is 115 Å². The highest BCUT2D eigenvalue weighted by molar-refractivity contribution is 5.94. The highest BCUT2D eigenvalue weighted by Crippen LogP contribution is 2.39. The molecule has 2 heterocycles. The molecule has 0 bridgehead atoms. The summed E-state index contributed by atoms with van der Waals surface area (Å²) in [6.07, 6.45) is 7.84. The van der Waals surface area contributed by atoms with E-state index in [1.54, 1.807) is 11.0 Å². The first-order chi connectivity index (χ1) is 21.8. The smallest absolute Gasteiger partial charge is 0.410 e. The second-order valence-corrected chi connectivity index (χ2v) is 14.6. The maximum atomic E-state index is 14.0. The van der Waals surface area contributed by atoms with E-state index in [1.165, 1.54) is 33.1 Å². The Morgan fingerprint density at radius 1 is 0.804 bits per heavy atom. The van der Waals surface area contributed by atoms with Crippen LogP contribution >= 0.6 is 0 Å². The first-order valence-corrected chi connectivity index (χ1v) is 16.9. The minimum Gasteiger partial charge on any atom is -0.488 e. The molecule has 9 heteroatoms. The van der Waals surface area contributed by atoms with Crippen LogP contribution in [0.15, 0.2) is 42.5 Å². The van der Waals surface area contributed by atoms with Crippen LogP contribution in [0.2, 0.25) is 0 Å². The van der Waals surface area contributed by atoms with Gasteiger partial charge >= 0.3 is 12.1 Å². The van der Waals surface area contributed by atoms with Crippen molar-refractivity contribution in [1.82, 2.24) is 9.80 Å². The Bertz CT molecular complexity index is 1410. The summed E-state index contributed by atoms with van der Waals surface area (Å²) in [6, 6.07) is 13.5. The van der Waals surface area contributed by atoms with Gasteiger partial charge in [-0.2, -0.15) is 0 Å². The number of carboxylic acids is 1. The van der Waals surface area contributed by atoms with E-state index in [0.717, 1.165) is 49.0 Å². The number of carboxylic acid groups (broad SMARTS) is 1. The summed E-state index contributed by atoms with van der Waals surface area (Å²) >= 11 is 0. The monoisotopic (exact) mass is 634 g/mol. The van der Waals surface area contributed by atoms with E-state index in [4.69, 9.17) is 14.2 Å². The van der Waals surface area contributed by atoms with Gasteiger partial charge in [-0.1, -0.05) is 31.4 Å². The molecule has 2 aromatic carbocycles. The number of carbonyl (C=O) groups excluding carboxylic acids is 2. The number of aliphatic carboxylic acids is 1. The molecule has 1 N–H and O–H groups in total. The summed E-state index contributed by atoms with van der Waals surface area (Å²) in [5.41, 5.74) is 0.934. The molecule has 5 rings (SSSR count). The maximum absolute atomic E-state index is 14.0. The summed E-state index contributed by atoms with van der Waals surface area (Å²) in [5, 5.41) is 9.48. The molecule has 1 saturated carbocycles. The second-order valence-electron chi connectivity index (χ2n) is 14.6. The number of rotatable bonds is 8. The molecular weight excluding hydrogens is 584 g/mol. The lowest BCUT2D eigenvalue weighted by Gasteiger charge is -2.34. The lowest BCUT2D eigenvalue weighted by molar-refractivity contribution is -0.152. The van der Waals surface area contributed by atoms with E-state index in [1.807, 2.05) is 56.0 Å². The summed E-state index contributed by atoms with van der Waals surface area (Å²) in [6.45, 7) is 11.0. The molecule has 250 valence electrons. The van der Waals surface area contributed by atoms with E-state index >= 15 is 0 Å². The van der Waals surface area contributed by atoms with Gasteiger partial charge < -0.3 is 29.1 Å². The molecule has 2 amide bonds. The Labute approximate surface area is 273 Å². The van der Waals surface area contributed by atoms with Crippen LogP contribution in [0, 0.1) is 0 Å². The highest BCUT2D eigenvalue weighted by atomic mass is 16.6. The number of benzene rings is 2. The predicted octanol–water partition coefficient (Wildman–Crippen LogP) is 7.38. The van der Waals surface area contributed by atoms with Crippen LogP contribution in [0.3, 0.4) is 0 Å². The average molecular weight is 635 g/mol. The van der Waals surface area contributed by atoms with E-state index in [0.29, 0.717) is 43.4 Å². The van der Waals surface area contributed by atoms with Crippen molar-refractivity contribution in [1.29, 1.82) is 0 Å². The van der Waals surface area contributed by atoms with Crippen molar-refractivity contribution in [2.75, 3.05) is 26.2 Å². The van der Waals surface area contributed by atoms with Crippen molar-refractivity contribution in [3.8, 4) is 11.5 Å². The summed E-state index contributed by atoms with van der Waals surface area (Å²) in [5.74, 6) is 0.790. The third kappa shape index (κ3) is 8.34. The Hall–Kier alpha value is -3.75. The zero-order chi connectivity index (χ0) is 33.1. The van der Waals surface area contributed by atoms with Crippen molar-refractivity contribution in [3.63, 3.8) is 0 Å². The zero-order valence-corrected chi connectivity index (χ0v) is 28.0. The first kappa shape index (κ1) is 33.6. The number of amides is 2. The van der Waals surface area contributed by atoms with Crippen LogP contribution in [-0.2, 0) is 9.53 Å². The molecule has 2 saturated heterocycles. The van der Waals surface area contributed by atoms with E-state index < -0.39 is 17.2 Å². The molecule has 1 unspecified atom stereocenters. The fourth-order valence-corrected chi connectivity index (χ4v) is 6.80. The quantitative estimate of drug-likeness (QED) is 0.323. The van der Waals surface area contributed by atoms with Crippen LogP contribution in [0.1, 0.15) is 119 Å². The standard InChI is InChI=1S/C37H50N2O7/c1-36(2,3)46-35(43)39-20-18-30(24-39)44-32-17-16-27(22-31(32)25-11-7-6-8-12-25)33(40)38-19-10-14-28(23-38)26-13-9-15-29(21-26)45-37(4,5)34(41)42/h9,13,15-17,21-22,25,28,30H,6-8,10-12,14,18-20,23-24H2,1-5H3,(H,41,42)/t28?,30-/m0/s1. The first-order valence-electron chi connectivity index (χ1n) is 16.9. The zero-order valence-electron chi connectivity index (χ0n) is 28.0.